The molecule has 0 aliphatic heterocycles. The maximum absolute atomic E-state index is 12.5. The van der Waals surface area contributed by atoms with E-state index in [1.807, 2.05) is 57.3 Å². The topological polar surface area (TPSA) is 47.8 Å². The molecule has 0 saturated heterocycles. The Kier molecular flexibility index (Phi) is 3.29. The number of benzene rings is 1. The molecule has 0 saturated carbocycles. The molecule has 0 atom stereocenters. The zero-order valence-corrected chi connectivity index (χ0v) is 12.4. The van der Waals surface area contributed by atoms with Gasteiger partial charge in [-0.05, 0) is 37.6 Å². The fourth-order valence-corrected chi connectivity index (χ4v) is 2.58. The van der Waals surface area contributed by atoms with E-state index in [2.05, 4.69) is 10.1 Å². The summed E-state index contributed by atoms with van der Waals surface area (Å²) in [5.41, 5.74) is 4.28. The quantitative estimate of drug-likeness (QED) is 0.692. The van der Waals surface area contributed by atoms with Crippen LogP contribution >= 0.6 is 0 Å². The number of rotatable bonds is 3. The number of para-hydroxylation sites is 1. The van der Waals surface area contributed by atoms with E-state index in [0.29, 0.717) is 12.1 Å². The van der Waals surface area contributed by atoms with Crippen LogP contribution in [-0.2, 0) is 13.5 Å². The number of aromatic nitrogens is 3. The summed E-state index contributed by atoms with van der Waals surface area (Å²) in [5.74, 6) is 0.0202. The van der Waals surface area contributed by atoms with E-state index in [0.717, 1.165) is 27.9 Å². The zero-order chi connectivity index (χ0) is 15.0. The highest BCUT2D eigenvalue weighted by Gasteiger charge is 2.13. The van der Waals surface area contributed by atoms with E-state index in [-0.39, 0.29) is 5.78 Å². The summed E-state index contributed by atoms with van der Waals surface area (Å²) in [6.45, 7) is 3.93. The number of carbonyl (C=O) groups is 1. The fraction of sp³-hybridized carbons (Fsp3) is 0.235. The average Bonchev–Trinajstić information content (AvgIpc) is 2.77. The van der Waals surface area contributed by atoms with E-state index in [1.54, 1.807) is 4.68 Å². The average molecular weight is 279 g/mol. The van der Waals surface area contributed by atoms with Crippen molar-refractivity contribution in [2.45, 2.75) is 20.3 Å². The fourth-order valence-electron chi connectivity index (χ4n) is 2.58. The summed E-state index contributed by atoms with van der Waals surface area (Å²) < 4.78 is 1.75. The highest BCUT2D eigenvalue weighted by Crippen LogP contribution is 2.18. The minimum absolute atomic E-state index is 0.0202. The molecular weight excluding hydrogens is 262 g/mol. The van der Waals surface area contributed by atoms with Gasteiger partial charge in [-0.15, -0.1) is 0 Å². The lowest BCUT2D eigenvalue weighted by Crippen LogP contribution is -2.10. The molecular formula is C17H17N3O. The Balaban J connectivity index is 1.96. The molecule has 3 rings (SSSR count). The first-order valence-electron chi connectivity index (χ1n) is 6.93. The van der Waals surface area contributed by atoms with Crippen LogP contribution in [0.15, 0.2) is 36.4 Å². The van der Waals surface area contributed by atoms with Crippen LogP contribution in [0.2, 0.25) is 0 Å². The second-order valence-corrected chi connectivity index (χ2v) is 5.34. The van der Waals surface area contributed by atoms with Gasteiger partial charge in [0.25, 0.3) is 0 Å². The minimum Gasteiger partial charge on any atom is -0.292 e. The van der Waals surface area contributed by atoms with Crippen LogP contribution in [0.5, 0.6) is 0 Å². The number of aryl methyl sites for hydroxylation is 3. The summed E-state index contributed by atoms with van der Waals surface area (Å²) in [7, 11) is 1.86. The highest BCUT2D eigenvalue weighted by molar-refractivity contribution is 5.98. The summed E-state index contributed by atoms with van der Waals surface area (Å²) in [4.78, 5) is 17.0. The Labute approximate surface area is 123 Å². The second-order valence-electron chi connectivity index (χ2n) is 5.34. The maximum Gasteiger partial charge on any atom is 0.187 e. The van der Waals surface area contributed by atoms with Crippen molar-refractivity contribution in [2.24, 2.45) is 7.05 Å². The van der Waals surface area contributed by atoms with Gasteiger partial charge in [0.15, 0.2) is 5.78 Å². The van der Waals surface area contributed by atoms with Crippen LogP contribution in [0.25, 0.3) is 10.9 Å². The van der Waals surface area contributed by atoms with Crippen molar-refractivity contribution in [1.82, 2.24) is 14.8 Å². The zero-order valence-electron chi connectivity index (χ0n) is 12.4. The Morgan fingerprint density at radius 2 is 1.95 bits per heavy atom. The first-order chi connectivity index (χ1) is 10.0. The van der Waals surface area contributed by atoms with E-state index in [9.17, 15) is 4.79 Å². The lowest BCUT2D eigenvalue weighted by atomic mass is 10.1. The number of fused-ring (bicyclic) bond motifs is 1. The molecule has 0 amide bonds. The standard InChI is InChI=1S/C17H17N3O/c1-11-8-16(18-15-7-5-4-6-14(11)15)17(21)10-13-9-12(2)19-20(13)3/h4-9H,10H2,1-3H3. The first kappa shape index (κ1) is 13.5. The van der Waals surface area contributed by atoms with E-state index < -0.39 is 0 Å². The van der Waals surface area contributed by atoms with Gasteiger partial charge in [-0.1, -0.05) is 18.2 Å². The van der Waals surface area contributed by atoms with Gasteiger partial charge >= 0.3 is 0 Å². The molecule has 0 N–H and O–H groups in total. The van der Waals surface area contributed by atoms with Crippen molar-refractivity contribution in [1.29, 1.82) is 0 Å². The lowest BCUT2D eigenvalue weighted by molar-refractivity contribution is 0.0986. The Bertz CT molecular complexity index is 833. The first-order valence-corrected chi connectivity index (χ1v) is 6.93. The van der Waals surface area contributed by atoms with Crippen LogP contribution in [0.4, 0.5) is 0 Å². The van der Waals surface area contributed by atoms with Crippen molar-refractivity contribution < 1.29 is 4.79 Å². The summed E-state index contributed by atoms with van der Waals surface area (Å²) in [6, 6.07) is 11.7. The van der Waals surface area contributed by atoms with Crippen molar-refractivity contribution in [3.8, 4) is 0 Å². The molecule has 0 spiro atoms. The van der Waals surface area contributed by atoms with Gasteiger partial charge in [0.2, 0.25) is 0 Å². The third-order valence-electron chi connectivity index (χ3n) is 3.65. The van der Waals surface area contributed by atoms with Gasteiger partial charge in [0, 0.05) is 18.1 Å². The molecule has 1 aromatic carbocycles. The summed E-state index contributed by atoms with van der Waals surface area (Å²) in [6.07, 6.45) is 0.322. The predicted molar refractivity (Wildman–Crippen MR) is 82.5 cm³/mol. The molecule has 0 aliphatic carbocycles. The third kappa shape index (κ3) is 2.57. The number of pyridine rings is 1. The van der Waals surface area contributed by atoms with Crippen molar-refractivity contribution >= 4 is 16.7 Å². The third-order valence-corrected chi connectivity index (χ3v) is 3.65. The van der Waals surface area contributed by atoms with Gasteiger partial charge in [-0.3, -0.25) is 9.48 Å². The number of Topliss-reactive ketones (excluding diaryl/α,β-unsaturated/α-hetero) is 1. The van der Waals surface area contributed by atoms with Gasteiger partial charge < -0.3 is 0 Å². The summed E-state index contributed by atoms with van der Waals surface area (Å²) >= 11 is 0. The monoisotopic (exact) mass is 279 g/mol. The Hall–Kier alpha value is -2.49. The van der Waals surface area contributed by atoms with Crippen LogP contribution in [0.3, 0.4) is 0 Å². The van der Waals surface area contributed by atoms with Crippen molar-refractivity contribution in [3.05, 3.63) is 59.0 Å². The smallest absolute Gasteiger partial charge is 0.187 e. The van der Waals surface area contributed by atoms with E-state index in [1.165, 1.54) is 0 Å². The molecule has 4 nitrogen and oxygen atoms in total. The molecule has 21 heavy (non-hydrogen) atoms. The molecule has 106 valence electrons. The molecule has 0 radical (unpaired) electrons. The van der Waals surface area contributed by atoms with Crippen molar-refractivity contribution in [2.75, 3.05) is 0 Å². The number of hydrogen-bond donors (Lipinski definition) is 0. The number of hydrogen-bond acceptors (Lipinski definition) is 3. The number of carbonyl (C=O) groups excluding carboxylic acids is 1. The van der Waals surface area contributed by atoms with Crippen molar-refractivity contribution in [3.63, 3.8) is 0 Å². The molecule has 0 unspecified atom stereocenters. The largest absolute Gasteiger partial charge is 0.292 e. The highest BCUT2D eigenvalue weighted by atomic mass is 16.1. The van der Waals surface area contributed by atoms with Gasteiger partial charge in [-0.2, -0.15) is 5.10 Å². The molecule has 2 heterocycles. The van der Waals surface area contributed by atoms with Crippen LogP contribution in [0.1, 0.15) is 27.4 Å². The predicted octanol–water partition coefficient (Wildman–Crippen LogP) is 3.01. The van der Waals surface area contributed by atoms with Crippen LogP contribution in [-0.4, -0.2) is 20.5 Å². The molecule has 4 heteroatoms. The minimum atomic E-state index is 0.0202. The van der Waals surface area contributed by atoms with E-state index in [4.69, 9.17) is 0 Å². The molecule has 0 fully saturated rings. The lowest BCUT2D eigenvalue weighted by Gasteiger charge is -2.06. The normalized spacial score (nSPS) is 11.0. The van der Waals surface area contributed by atoms with Crippen LogP contribution < -0.4 is 0 Å². The molecule has 0 aliphatic rings. The number of ketones is 1. The second kappa shape index (κ2) is 5.13. The Morgan fingerprint density at radius 3 is 2.67 bits per heavy atom. The Morgan fingerprint density at radius 1 is 1.19 bits per heavy atom. The molecule has 0 bridgehead atoms. The van der Waals surface area contributed by atoms with Gasteiger partial charge in [-0.25, -0.2) is 4.98 Å². The molecule has 2 aromatic heterocycles. The maximum atomic E-state index is 12.5. The van der Waals surface area contributed by atoms with Gasteiger partial charge in [0.05, 0.1) is 17.6 Å². The number of nitrogens with zero attached hydrogens (tertiary/aromatic N) is 3. The van der Waals surface area contributed by atoms with E-state index >= 15 is 0 Å². The van der Waals surface area contributed by atoms with Gasteiger partial charge in [0.1, 0.15) is 5.69 Å². The summed E-state index contributed by atoms with van der Waals surface area (Å²) in [5, 5.41) is 5.36. The van der Waals surface area contributed by atoms with Crippen LogP contribution in [0, 0.1) is 13.8 Å². The SMILES string of the molecule is Cc1cc(CC(=O)c2cc(C)c3ccccc3n2)n(C)n1. The molecule has 3 aromatic rings.